The third-order valence-corrected chi connectivity index (χ3v) is 3.55. The van der Waals surface area contributed by atoms with Crippen molar-refractivity contribution in [1.82, 2.24) is 9.80 Å². The fourth-order valence-electron chi connectivity index (χ4n) is 2.31. The van der Waals surface area contributed by atoms with Crippen LogP contribution in [0, 0.1) is 5.82 Å². The van der Waals surface area contributed by atoms with Gasteiger partial charge in [0.15, 0.2) is 0 Å². The van der Waals surface area contributed by atoms with Crippen LogP contribution in [-0.2, 0) is 4.74 Å². The first-order valence-electron chi connectivity index (χ1n) is 7.10. The van der Waals surface area contributed by atoms with Crippen molar-refractivity contribution in [3.05, 3.63) is 30.1 Å². The Morgan fingerprint density at radius 2 is 1.70 bits per heavy atom. The average molecular weight is 282 g/mol. The maximum Gasteiger partial charge on any atom is 0.126 e. The second kappa shape index (κ2) is 8.19. The number of piperazine rings is 1. The Balaban J connectivity index is 1.61. The molecule has 112 valence electrons. The van der Waals surface area contributed by atoms with Gasteiger partial charge in [0.05, 0.1) is 6.61 Å². The quantitative estimate of drug-likeness (QED) is 0.756. The summed E-state index contributed by atoms with van der Waals surface area (Å²) >= 11 is 0. The Hall–Kier alpha value is -1.17. The Bertz CT molecular complexity index is 395. The first-order valence-corrected chi connectivity index (χ1v) is 7.10. The van der Waals surface area contributed by atoms with Gasteiger partial charge in [0.2, 0.25) is 0 Å². The van der Waals surface area contributed by atoms with Crippen LogP contribution >= 0.6 is 0 Å². The molecule has 0 atom stereocenters. The van der Waals surface area contributed by atoms with Gasteiger partial charge >= 0.3 is 0 Å². The van der Waals surface area contributed by atoms with Crippen molar-refractivity contribution >= 4 is 0 Å². The molecule has 0 bridgehead atoms. The Kier molecular flexibility index (Phi) is 6.24. The van der Waals surface area contributed by atoms with Crippen LogP contribution in [0.1, 0.15) is 0 Å². The van der Waals surface area contributed by atoms with Crippen LogP contribution in [0.15, 0.2) is 24.3 Å². The van der Waals surface area contributed by atoms with E-state index in [1.54, 1.807) is 19.2 Å². The zero-order valence-corrected chi connectivity index (χ0v) is 12.1. The molecule has 0 saturated carbocycles. The minimum Gasteiger partial charge on any atom is -0.492 e. The Labute approximate surface area is 120 Å². The van der Waals surface area contributed by atoms with Gasteiger partial charge in [0.1, 0.15) is 18.2 Å². The molecule has 5 heteroatoms. The van der Waals surface area contributed by atoms with Gasteiger partial charge in [-0.25, -0.2) is 4.39 Å². The molecule has 20 heavy (non-hydrogen) atoms. The highest BCUT2D eigenvalue weighted by Gasteiger charge is 2.15. The molecule has 1 fully saturated rings. The first-order chi connectivity index (χ1) is 9.78. The van der Waals surface area contributed by atoms with Gasteiger partial charge in [0, 0.05) is 52.4 Å². The van der Waals surface area contributed by atoms with E-state index in [1.165, 1.54) is 12.1 Å². The van der Waals surface area contributed by atoms with E-state index in [9.17, 15) is 4.39 Å². The maximum absolute atomic E-state index is 13.0. The van der Waals surface area contributed by atoms with Crippen molar-refractivity contribution < 1.29 is 13.9 Å². The molecule has 2 rings (SSSR count). The van der Waals surface area contributed by atoms with Gasteiger partial charge in [-0.1, -0.05) is 6.07 Å². The molecule has 1 heterocycles. The molecule has 0 unspecified atom stereocenters. The number of rotatable bonds is 7. The largest absolute Gasteiger partial charge is 0.492 e. The first kappa shape index (κ1) is 15.2. The molecule has 0 spiro atoms. The fraction of sp³-hybridized carbons (Fsp3) is 0.600. The molecule has 4 nitrogen and oxygen atoms in total. The van der Waals surface area contributed by atoms with Gasteiger partial charge in [-0.2, -0.15) is 0 Å². The standard InChI is InChI=1S/C15H23FN2O2/c1-19-11-9-17-5-7-18(8-6-17)10-12-20-15-4-2-3-14(16)13-15/h2-4,13H,5-12H2,1H3. The molecule has 0 aliphatic carbocycles. The summed E-state index contributed by atoms with van der Waals surface area (Å²) < 4.78 is 23.6. The molecule has 1 saturated heterocycles. The second-order valence-corrected chi connectivity index (χ2v) is 4.98. The van der Waals surface area contributed by atoms with Crippen LogP contribution in [0.4, 0.5) is 4.39 Å². The van der Waals surface area contributed by atoms with Crippen molar-refractivity contribution in [2.75, 3.05) is 59.6 Å². The second-order valence-electron chi connectivity index (χ2n) is 4.98. The molecular weight excluding hydrogens is 259 g/mol. The highest BCUT2D eigenvalue weighted by molar-refractivity contribution is 5.22. The lowest BCUT2D eigenvalue weighted by molar-refractivity contribution is 0.0894. The number of hydrogen-bond donors (Lipinski definition) is 0. The molecule has 0 amide bonds. The number of methoxy groups -OCH3 is 1. The van der Waals surface area contributed by atoms with Crippen molar-refractivity contribution in [2.45, 2.75) is 0 Å². The van der Waals surface area contributed by atoms with Gasteiger partial charge < -0.3 is 9.47 Å². The summed E-state index contributed by atoms with van der Waals surface area (Å²) in [4.78, 5) is 4.79. The predicted octanol–water partition coefficient (Wildman–Crippen LogP) is 1.47. The fourth-order valence-corrected chi connectivity index (χ4v) is 2.31. The molecule has 0 aromatic heterocycles. The molecular formula is C15H23FN2O2. The van der Waals surface area contributed by atoms with E-state index in [0.29, 0.717) is 12.4 Å². The van der Waals surface area contributed by atoms with Crippen LogP contribution in [0.3, 0.4) is 0 Å². The summed E-state index contributed by atoms with van der Waals surface area (Å²) in [7, 11) is 1.74. The lowest BCUT2D eigenvalue weighted by Gasteiger charge is -2.34. The SMILES string of the molecule is COCCN1CCN(CCOc2cccc(F)c2)CC1. The van der Waals surface area contributed by atoms with E-state index in [1.807, 2.05) is 0 Å². The summed E-state index contributed by atoms with van der Waals surface area (Å²) in [6.07, 6.45) is 0. The predicted molar refractivity (Wildman–Crippen MR) is 76.7 cm³/mol. The molecule has 1 aromatic carbocycles. The van der Waals surface area contributed by atoms with E-state index in [2.05, 4.69) is 9.80 Å². The third-order valence-electron chi connectivity index (χ3n) is 3.55. The summed E-state index contributed by atoms with van der Waals surface area (Å²) in [5.41, 5.74) is 0. The smallest absolute Gasteiger partial charge is 0.126 e. The van der Waals surface area contributed by atoms with Crippen molar-refractivity contribution in [3.8, 4) is 5.75 Å². The van der Waals surface area contributed by atoms with Gasteiger partial charge in [-0.05, 0) is 12.1 Å². The molecule has 1 aromatic rings. The Morgan fingerprint density at radius 3 is 2.30 bits per heavy atom. The zero-order valence-electron chi connectivity index (χ0n) is 12.1. The summed E-state index contributed by atoms with van der Waals surface area (Å²) in [6.45, 7) is 7.53. The summed E-state index contributed by atoms with van der Waals surface area (Å²) in [5.74, 6) is 0.345. The van der Waals surface area contributed by atoms with Crippen LogP contribution in [-0.4, -0.2) is 69.4 Å². The van der Waals surface area contributed by atoms with E-state index in [-0.39, 0.29) is 5.82 Å². The van der Waals surface area contributed by atoms with Gasteiger partial charge in [-0.3, -0.25) is 9.80 Å². The lowest BCUT2D eigenvalue weighted by Crippen LogP contribution is -2.48. The molecule has 0 radical (unpaired) electrons. The van der Waals surface area contributed by atoms with Crippen LogP contribution < -0.4 is 4.74 Å². The number of benzene rings is 1. The molecule has 1 aliphatic rings. The summed E-state index contributed by atoms with van der Waals surface area (Å²) in [5, 5.41) is 0. The van der Waals surface area contributed by atoms with Gasteiger partial charge in [-0.15, -0.1) is 0 Å². The highest BCUT2D eigenvalue weighted by Crippen LogP contribution is 2.12. The molecule has 0 N–H and O–H groups in total. The number of ether oxygens (including phenoxy) is 2. The van der Waals surface area contributed by atoms with Gasteiger partial charge in [0.25, 0.3) is 0 Å². The zero-order chi connectivity index (χ0) is 14.2. The van der Waals surface area contributed by atoms with E-state index in [4.69, 9.17) is 9.47 Å². The maximum atomic E-state index is 13.0. The Morgan fingerprint density at radius 1 is 1.05 bits per heavy atom. The number of hydrogen-bond acceptors (Lipinski definition) is 4. The minimum atomic E-state index is -0.255. The lowest BCUT2D eigenvalue weighted by atomic mass is 10.3. The van der Waals surface area contributed by atoms with Crippen molar-refractivity contribution in [1.29, 1.82) is 0 Å². The average Bonchev–Trinajstić information content (AvgIpc) is 2.46. The normalized spacial score (nSPS) is 17.3. The van der Waals surface area contributed by atoms with E-state index < -0.39 is 0 Å². The van der Waals surface area contributed by atoms with E-state index in [0.717, 1.165) is 45.9 Å². The van der Waals surface area contributed by atoms with Crippen molar-refractivity contribution in [2.24, 2.45) is 0 Å². The van der Waals surface area contributed by atoms with Crippen LogP contribution in [0.5, 0.6) is 5.75 Å². The van der Waals surface area contributed by atoms with Crippen LogP contribution in [0.2, 0.25) is 0 Å². The minimum absolute atomic E-state index is 0.255. The van der Waals surface area contributed by atoms with Crippen LogP contribution in [0.25, 0.3) is 0 Å². The summed E-state index contributed by atoms with van der Waals surface area (Å²) in [6, 6.07) is 6.29. The number of halogens is 1. The topological polar surface area (TPSA) is 24.9 Å². The monoisotopic (exact) mass is 282 g/mol. The van der Waals surface area contributed by atoms with Crippen molar-refractivity contribution in [3.63, 3.8) is 0 Å². The number of nitrogens with zero attached hydrogens (tertiary/aromatic N) is 2. The van der Waals surface area contributed by atoms with E-state index >= 15 is 0 Å². The molecule has 1 aliphatic heterocycles. The highest BCUT2D eigenvalue weighted by atomic mass is 19.1. The third kappa shape index (κ3) is 5.07.